The van der Waals surface area contributed by atoms with E-state index in [0.717, 1.165) is 34.2 Å². The Kier molecular flexibility index (Phi) is 5.60. The summed E-state index contributed by atoms with van der Waals surface area (Å²) >= 11 is 7.87. The number of hydrogen-bond acceptors (Lipinski definition) is 4. The maximum absolute atomic E-state index is 12.4. The fourth-order valence-corrected chi connectivity index (χ4v) is 4.86. The summed E-state index contributed by atoms with van der Waals surface area (Å²) in [5.74, 6) is -0.741. The molecule has 0 amide bonds. The first-order valence-electron chi connectivity index (χ1n) is 9.29. The normalized spacial score (nSPS) is 13.6. The minimum Gasteiger partial charge on any atom is -0.454 e. The van der Waals surface area contributed by atoms with E-state index < -0.39 is 5.97 Å². The molecule has 142 valence electrons. The molecule has 1 heterocycles. The lowest BCUT2D eigenvalue weighted by Crippen LogP contribution is -2.13. The Balaban J connectivity index is 1.38. The number of carbonyl (C=O) groups is 2. The minimum absolute atomic E-state index is 0.185. The summed E-state index contributed by atoms with van der Waals surface area (Å²) in [4.78, 5) is 25.2. The van der Waals surface area contributed by atoms with Crippen LogP contribution in [0.4, 0.5) is 0 Å². The molecule has 0 atom stereocenters. The lowest BCUT2D eigenvalue weighted by Gasteiger charge is -2.16. The highest BCUT2D eigenvalue weighted by Crippen LogP contribution is 2.35. The Labute approximate surface area is 172 Å². The van der Waals surface area contributed by atoms with Gasteiger partial charge in [0.25, 0.3) is 0 Å². The van der Waals surface area contributed by atoms with E-state index in [-0.39, 0.29) is 12.4 Å². The molecule has 3 nitrogen and oxygen atoms in total. The SMILES string of the molecule is O=C(/C=C/c1sc2ccccc2c1Cl)OCC(=O)c1ccc2c(c1)CCCC2. The number of thiophene rings is 1. The maximum Gasteiger partial charge on any atom is 0.331 e. The summed E-state index contributed by atoms with van der Waals surface area (Å²) < 4.78 is 6.18. The van der Waals surface area contributed by atoms with Crippen LogP contribution < -0.4 is 0 Å². The average Bonchev–Trinajstić information content (AvgIpc) is 3.06. The second-order valence-corrected chi connectivity index (χ2v) is 8.29. The molecular formula is C23H19ClO3S. The fourth-order valence-electron chi connectivity index (χ4n) is 3.46. The molecule has 5 heteroatoms. The van der Waals surface area contributed by atoms with Crippen LogP contribution in [0.15, 0.2) is 48.5 Å². The van der Waals surface area contributed by atoms with Crippen LogP contribution >= 0.6 is 22.9 Å². The van der Waals surface area contributed by atoms with Crippen molar-refractivity contribution in [3.63, 3.8) is 0 Å². The first-order valence-corrected chi connectivity index (χ1v) is 10.5. The highest BCUT2D eigenvalue weighted by atomic mass is 35.5. The van der Waals surface area contributed by atoms with E-state index in [1.807, 2.05) is 42.5 Å². The van der Waals surface area contributed by atoms with Gasteiger partial charge < -0.3 is 4.74 Å². The van der Waals surface area contributed by atoms with Crippen molar-refractivity contribution in [1.82, 2.24) is 0 Å². The number of fused-ring (bicyclic) bond motifs is 2. The van der Waals surface area contributed by atoms with Crippen molar-refractivity contribution < 1.29 is 14.3 Å². The molecule has 28 heavy (non-hydrogen) atoms. The van der Waals surface area contributed by atoms with Crippen molar-refractivity contribution in [3.05, 3.63) is 75.1 Å². The molecule has 2 aromatic carbocycles. The largest absolute Gasteiger partial charge is 0.454 e. The fraction of sp³-hybridized carbons (Fsp3) is 0.217. The minimum atomic E-state index is -0.556. The second-order valence-electron chi connectivity index (χ2n) is 6.83. The standard InChI is InChI=1S/C23H19ClO3S/c24-23-18-7-3-4-8-20(18)28-21(23)11-12-22(26)27-14-19(25)17-10-9-15-5-1-2-6-16(15)13-17/h3-4,7-13H,1-2,5-6,14H2/b12-11+. The third-order valence-electron chi connectivity index (χ3n) is 4.95. The maximum atomic E-state index is 12.4. The number of ether oxygens (including phenoxy) is 1. The third kappa shape index (κ3) is 4.03. The summed E-state index contributed by atoms with van der Waals surface area (Å²) in [6.07, 6.45) is 7.40. The van der Waals surface area contributed by atoms with E-state index in [9.17, 15) is 9.59 Å². The van der Waals surface area contributed by atoms with E-state index in [1.54, 1.807) is 6.08 Å². The number of halogens is 1. The van der Waals surface area contributed by atoms with Gasteiger partial charge in [0.05, 0.1) is 5.02 Å². The van der Waals surface area contributed by atoms with Gasteiger partial charge in [-0.15, -0.1) is 11.3 Å². The first kappa shape index (κ1) is 18.9. The van der Waals surface area contributed by atoms with E-state index in [2.05, 4.69) is 0 Å². The van der Waals surface area contributed by atoms with Gasteiger partial charge in [-0.2, -0.15) is 0 Å². The topological polar surface area (TPSA) is 43.4 Å². The zero-order valence-electron chi connectivity index (χ0n) is 15.2. The van der Waals surface area contributed by atoms with Crippen molar-refractivity contribution in [2.24, 2.45) is 0 Å². The lowest BCUT2D eigenvalue weighted by atomic mass is 9.90. The number of rotatable bonds is 5. The van der Waals surface area contributed by atoms with Crippen LogP contribution in [0, 0.1) is 0 Å². The molecule has 0 unspecified atom stereocenters. The first-order chi connectivity index (χ1) is 13.6. The van der Waals surface area contributed by atoms with Gasteiger partial charge >= 0.3 is 5.97 Å². The van der Waals surface area contributed by atoms with Gasteiger partial charge in [0, 0.05) is 26.6 Å². The number of esters is 1. The van der Waals surface area contributed by atoms with Gasteiger partial charge in [0.1, 0.15) is 0 Å². The monoisotopic (exact) mass is 410 g/mol. The molecule has 4 rings (SSSR count). The van der Waals surface area contributed by atoms with E-state index in [0.29, 0.717) is 10.6 Å². The van der Waals surface area contributed by atoms with Crippen LogP contribution in [0.1, 0.15) is 39.2 Å². The van der Waals surface area contributed by atoms with Gasteiger partial charge in [-0.05, 0) is 55.0 Å². The number of aryl methyl sites for hydroxylation is 2. The van der Waals surface area contributed by atoms with E-state index in [4.69, 9.17) is 16.3 Å². The molecule has 0 aliphatic heterocycles. The molecule has 0 spiro atoms. The predicted octanol–water partition coefficient (Wildman–Crippen LogP) is 5.87. The summed E-state index contributed by atoms with van der Waals surface area (Å²) in [6, 6.07) is 13.6. The molecule has 0 saturated carbocycles. The molecule has 0 N–H and O–H groups in total. The number of Topliss-reactive ketones (excluding diaryl/α,β-unsaturated/α-hetero) is 1. The van der Waals surface area contributed by atoms with Gasteiger partial charge in [-0.3, -0.25) is 4.79 Å². The van der Waals surface area contributed by atoms with Crippen molar-refractivity contribution in [3.8, 4) is 0 Å². The summed E-state index contributed by atoms with van der Waals surface area (Å²) in [5.41, 5.74) is 3.16. The second kappa shape index (κ2) is 8.29. The number of carbonyl (C=O) groups excluding carboxylic acids is 2. The van der Waals surface area contributed by atoms with Gasteiger partial charge in [-0.1, -0.05) is 41.9 Å². The zero-order chi connectivity index (χ0) is 19.5. The number of benzene rings is 2. The molecule has 0 bridgehead atoms. The Bertz CT molecular complexity index is 1080. The van der Waals surface area contributed by atoms with Crippen molar-refractivity contribution in [1.29, 1.82) is 0 Å². The molecule has 3 aromatic rings. The van der Waals surface area contributed by atoms with Crippen LogP contribution in [0.2, 0.25) is 5.02 Å². The average molecular weight is 411 g/mol. The van der Waals surface area contributed by atoms with Crippen LogP contribution in [0.5, 0.6) is 0 Å². The van der Waals surface area contributed by atoms with Crippen molar-refractivity contribution in [2.75, 3.05) is 6.61 Å². The molecule has 1 aliphatic rings. The highest BCUT2D eigenvalue weighted by molar-refractivity contribution is 7.20. The smallest absolute Gasteiger partial charge is 0.331 e. The zero-order valence-corrected chi connectivity index (χ0v) is 16.8. The highest BCUT2D eigenvalue weighted by Gasteiger charge is 2.14. The molecule has 1 aliphatic carbocycles. The summed E-state index contributed by atoms with van der Waals surface area (Å²) in [7, 11) is 0. The quantitative estimate of drug-likeness (QED) is 0.300. The van der Waals surface area contributed by atoms with Crippen LogP contribution in [-0.4, -0.2) is 18.4 Å². The summed E-state index contributed by atoms with van der Waals surface area (Å²) in [6.45, 7) is -0.262. The Morgan fingerprint density at radius 1 is 1.07 bits per heavy atom. The van der Waals surface area contributed by atoms with Gasteiger partial charge in [0.15, 0.2) is 12.4 Å². The van der Waals surface area contributed by atoms with Crippen molar-refractivity contribution in [2.45, 2.75) is 25.7 Å². The number of ketones is 1. The third-order valence-corrected chi connectivity index (χ3v) is 6.60. The number of hydrogen-bond donors (Lipinski definition) is 0. The Morgan fingerprint density at radius 3 is 2.68 bits per heavy atom. The Morgan fingerprint density at radius 2 is 1.86 bits per heavy atom. The van der Waals surface area contributed by atoms with E-state index in [1.165, 1.54) is 35.0 Å². The van der Waals surface area contributed by atoms with E-state index >= 15 is 0 Å². The van der Waals surface area contributed by atoms with Crippen molar-refractivity contribution >= 4 is 50.9 Å². The molecule has 0 radical (unpaired) electrons. The molecule has 0 fully saturated rings. The van der Waals surface area contributed by atoms with Crippen LogP contribution in [0.25, 0.3) is 16.2 Å². The molecule has 0 saturated heterocycles. The van der Waals surface area contributed by atoms with Crippen LogP contribution in [0.3, 0.4) is 0 Å². The van der Waals surface area contributed by atoms with Crippen LogP contribution in [-0.2, 0) is 22.4 Å². The van der Waals surface area contributed by atoms with Gasteiger partial charge in [-0.25, -0.2) is 4.79 Å². The Hall–Kier alpha value is -2.43. The molecule has 1 aromatic heterocycles. The summed E-state index contributed by atoms with van der Waals surface area (Å²) in [5, 5.41) is 1.58. The predicted molar refractivity (Wildman–Crippen MR) is 114 cm³/mol. The van der Waals surface area contributed by atoms with Gasteiger partial charge in [0.2, 0.25) is 0 Å². The molecular weight excluding hydrogens is 392 g/mol. The lowest BCUT2D eigenvalue weighted by molar-refractivity contribution is -0.136.